The second-order valence-corrected chi connectivity index (χ2v) is 5.31. The van der Waals surface area contributed by atoms with E-state index in [1.165, 1.54) is 16.7 Å². The van der Waals surface area contributed by atoms with Crippen molar-refractivity contribution in [2.24, 2.45) is 5.92 Å². The zero-order valence-corrected chi connectivity index (χ0v) is 12.3. The average Bonchev–Trinajstić information content (AvgIpc) is 2.32. The van der Waals surface area contributed by atoms with Crippen molar-refractivity contribution >= 4 is 5.78 Å². The van der Waals surface area contributed by atoms with E-state index >= 15 is 0 Å². The molecule has 0 N–H and O–H groups in total. The molecule has 18 heavy (non-hydrogen) atoms. The first-order valence-corrected chi connectivity index (χ1v) is 7.16. The van der Waals surface area contributed by atoms with Crippen LogP contribution in [0.4, 0.5) is 0 Å². The molecule has 1 aromatic rings. The fourth-order valence-electron chi connectivity index (χ4n) is 2.65. The van der Waals surface area contributed by atoms with Crippen LogP contribution in [0.2, 0.25) is 0 Å². The molecule has 1 aromatic carbocycles. The summed E-state index contributed by atoms with van der Waals surface area (Å²) in [5.74, 6) is 0.707. The van der Waals surface area contributed by atoms with Crippen molar-refractivity contribution in [3.63, 3.8) is 0 Å². The molecule has 100 valence electrons. The molecule has 0 aliphatic heterocycles. The van der Waals surface area contributed by atoms with Crippen molar-refractivity contribution in [2.75, 3.05) is 0 Å². The van der Waals surface area contributed by atoms with Crippen molar-refractivity contribution in [1.29, 1.82) is 0 Å². The molecule has 0 spiro atoms. The van der Waals surface area contributed by atoms with E-state index in [1.54, 1.807) is 0 Å². The molecule has 0 aliphatic rings. The van der Waals surface area contributed by atoms with Crippen molar-refractivity contribution in [3.8, 4) is 0 Å². The van der Waals surface area contributed by atoms with Crippen LogP contribution in [0.3, 0.4) is 0 Å². The van der Waals surface area contributed by atoms with Gasteiger partial charge in [0.05, 0.1) is 0 Å². The molecule has 0 heterocycles. The normalized spacial score (nSPS) is 12.4. The molecule has 1 unspecified atom stereocenters. The minimum atomic E-state index is 0.279. The SMILES string of the molecule is CCC(=O)C(CC)CCCc1cc(C)cc(C)c1. The molecule has 1 rings (SSSR count). The van der Waals surface area contributed by atoms with Crippen LogP contribution in [-0.2, 0) is 11.2 Å². The van der Waals surface area contributed by atoms with Gasteiger partial charge in [0.1, 0.15) is 5.78 Å². The van der Waals surface area contributed by atoms with Crippen LogP contribution in [0.15, 0.2) is 18.2 Å². The molecule has 0 aromatic heterocycles. The summed E-state index contributed by atoms with van der Waals surface area (Å²) in [5.41, 5.74) is 4.08. The van der Waals surface area contributed by atoms with Gasteiger partial charge in [-0.2, -0.15) is 0 Å². The first-order chi connectivity index (χ1) is 8.56. The lowest BCUT2D eigenvalue weighted by atomic mass is 9.92. The van der Waals surface area contributed by atoms with E-state index in [9.17, 15) is 4.79 Å². The Bertz CT molecular complexity index is 372. The molecule has 0 fully saturated rings. The minimum absolute atomic E-state index is 0.279. The first-order valence-electron chi connectivity index (χ1n) is 7.16. The van der Waals surface area contributed by atoms with E-state index in [-0.39, 0.29) is 5.92 Å². The highest BCUT2D eigenvalue weighted by atomic mass is 16.1. The predicted octanol–water partition coefficient (Wildman–Crippen LogP) is 4.63. The Morgan fingerprint density at radius 2 is 1.72 bits per heavy atom. The van der Waals surface area contributed by atoms with Gasteiger partial charge in [-0.1, -0.05) is 43.2 Å². The lowest BCUT2D eigenvalue weighted by molar-refractivity contribution is -0.122. The Hall–Kier alpha value is -1.11. The number of carbonyl (C=O) groups is 1. The third kappa shape index (κ3) is 4.64. The number of Topliss-reactive ketones (excluding diaryl/α,β-unsaturated/α-hetero) is 1. The Morgan fingerprint density at radius 1 is 1.11 bits per heavy atom. The summed E-state index contributed by atoms with van der Waals surface area (Å²) in [6.07, 6.45) is 4.92. The molecule has 0 aliphatic carbocycles. The van der Waals surface area contributed by atoms with Crippen LogP contribution in [0.5, 0.6) is 0 Å². The van der Waals surface area contributed by atoms with E-state index in [0.717, 1.165) is 25.7 Å². The molecule has 1 atom stereocenters. The largest absolute Gasteiger partial charge is 0.299 e. The summed E-state index contributed by atoms with van der Waals surface area (Å²) in [6.45, 7) is 8.38. The summed E-state index contributed by atoms with van der Waals surface area (Å²) in [5, 5.41) is 0. The number of ketones is 1. The van der Waals surface area contributed by atoms with Gasteiger partial charge in [-0.25, -0.2) is 0 Å². The number of carbonyl (C=O) groups excluding carboxylic acids is 1. The van der Waals surface area contributed by atoms with Gasteiger partial charge >= 0.3 is 0 Å². The second-order valence-electron chi connectivity index (χ2n) is 5.31. The van der Waals surface area contributed by atoms with Crippen LogP contribution in [-0.4, -0.2) is 5.78 Å². The quantitative estimate of drug-likeness (QED) is 0.685. The Kier molecular flexibility index (Phi) is 6.11. The van der Waals surface area contributed by atoms with Gasteiger partial charge in [0.15, 0.2) is 0 Å². The number of hydrogen-bond donors (Lipinski definition) is 0. The van der Waals surface area contributed by atoms with E-state index < -0.39 is 0 Å². The van der Waals surface area contributed by atoms with Crippen LogP contribution in [0.1, 0.15) is 56.2 Å². The molecule has 0 saturated carbocycles. The highest BCUT2D eigenvalue weighted by Gasteiger charge is 2.13. The molecular weight excluding hydrogens is 220 g/mol. The van der Waals surface area contributed by atoms with E-state index in [2.05, 4.69) is 39.0 Å². The van der Waals surface area contributed by atoms with Gasteiger partial charge in [0.25, 0.3) is 0 Å². The van der Waals surface area contributed by atoms with Gasteiger partial charge < -0.3 is 0 Å². The zero-order valence-electron chi connectivity index (χ0n) is 12.3. The third-order valence-corrected chi connectivity index (χ3v) is 3.60. The van der Waals surface area contributed by atoms with Gasteiger partial charge in [0, 0.05) is 12.3 Å². The van der Waals surface area contributed by atoms with Crippen molar-refractivity contribution in [2.45, 2.75) is 59.8 Å². The molecule has 0 radical (unpaired) electrons. The van der Waals surface area contributed by atoms with E-state index in [4.69, 9.17) is 0 Å². The van der Waals surface area contributed by atoms with Crippen LogP contribution < -0.4 is 0 Å². The number of benzene rings is 1. The Morgan fingerprint density at radius 3 is 2.22 bits per heavy atom. The van der Waals surface area contributed by atoms with Crippen LogP contribution in [0.25, 0.3) is 0 Å². The van der Waals surface area contributed by atoms with E-state index in [1.807, 2.05) is 6.92 Å². The monoisotopic (exact) mass is 246 g/mol. The highest BCUT2D eigenvalue weighted by molar-refractivity contribution is 5.80. The lowest BCUT2D eigenvalue weighted by Gasteiger charge is -2.12. The summed E-state index contributed by atoms with van der Waals surface area (Å²) in [7, 11) is 0. The Labute approximate surface area is 112 Å². The topological polar surface area (TPSA) is 17.1 Å². The maximum Gasteiger partial charge on any atom is 0.135 e. The summed E-state index contributed by atoms with van der Waals surface area (Å²) >= 11 is 0. The number of rotatable bonds is 7. The second kappa shape index (κ2) is 7.35. The summed E-state index contributed by atoms with van der Waals surface area (Å²) < 4.78 is 0. The van der Waals surface area contributed by atoms with E-state index in [0.29, 0.717) is 12.2 Å². The molecule has 0 saturated heterocycles. The zero-order chi connectivity index (χ0) is 13.5. The fourth-order valence-corrected chi connectivity index (χ4v) is 2.65. The maximum absolute atomic E-state index is 11.7. The average molecular weight is 246 g/mol. The van der Waals surface area contributed by atoms with Crippen LogP contribution in [0, 0.1) is 19.8 Å². The standard InChI is InChI=1S/C17H26O/c1-5-16(17(18)6-2)9-7-8-15-11-13(3)10-14(4)12-15/h10-12,16H,5-9H2,1-4H3. The van der Waals surface area contributed by atoms with Gasteiger partial charge in [-0.05, 0) is 45.1 Å². The third-order valence-electron chi connectivity index (χ3n) is 3.60. The van der Waals surface area contributed by atoms with Crippen LogP contribution >= 0.6 is 0 Å². The smallest absolute Gasteiger partial charge is 0.135 e. The lowest BCUT2D eigenvalue weighted by Crippen LogP contribution is -2.12. The van der Waals surface area contributed by atoms with Gasteiger partial charge in [0.2, 0.25) is 0 Å². The predicted molar refractivity (Wildman–Crippen MR) is 77.9 cm³/mol. The van der Waals surface area contributed by atoms with Crippen molar-refractivity contribution in [1.82, 2.24) is 0 Å². The van der Waals surface area contributed by atoms with Crippen molar-refractivity contribution in [3.05, 3.63) is 34.9 Å². The number of aryl methyl sites for hydroxylation is 3. The molecule has 0 bridgehead atoms. The maximum atomic E-state index is 11.7. The highest BCUT2D eigenvalue weighted by Crippen LogP contribution is 2.17. The summed E-state index contributed by atoms with van der Waals surface area (Å²) in [4.78, 5) is 11.7. The first kappa shape index (κ1) is 14.9. The fraction of sp³-hybridized carbons (Fsp3) is 0.588. The molecular formula is C17H26O. The summed E-state index contributed by atoms with van der Waals surface area (Å²) in [6, 6.07) is 6.73. The molecule has 0 amide bonds. The molecule has 1 heteroatoms. The minimum Gasteiger partial charge on any atom is -0.299 e. The van der Waals surface area contributed by atoms with Crippen molar-refractivity contribution < 1.29 is 4.79 Å². The van der Waals surface area contributed by atoms with Gasteiger partial charge in [-0.3, -0.25) is 4.79 Å². The Balaban J connectivity index is 2.47. The van der Waals surface area contributed by atoms with Gasteiger partial charge in [-0.15, -0.1) is 0 Å². The molecule has 1 nitrogen and oxygen atoms in total. The number of hydrogen-bond acceptors (Lipinski definition) is 1.